The van der Waals surface area contributed by atoms with Crippen molar-refractivity contribution in [1.29, 1.82) is 0 Å². The SMILES string of the molecule is CC(=O)O[C@H]1C(=O)[C@@]2(C)[C@H]([C@H](OC(=O)c3ccccc3)[C@]3(O)C[C@H](OC(=O)[C@H](O)[C@@H](NC(=O)c4ccccc4)c4ccccc4)C(C)=C1C3(C)C)[C@]1(OC(C)=O)CO[C@@H]1C[C@@H]2O.CN1CCN(c2cc(C(=O)Nc3cc4cc(-c5cnn(C)c5)ccc4cn3)ccn2)CC1. The van der Waals surface area contributed by atoms with Crippen LogP contribution in [0.2, 0.25) is 0 Å². The number of nitrogens with one attached hydrogen (secondary N) is 2. The number of hydrogen-bond donors (Lipinski definition) is 5. The summed E-state index contributed by atoms with van der Waals surface area (Å²) >= 11 is 0. The van der Waals surface area contributed by atoms with Crippen LogP contribution in [0.15, 0.2) is 163 Å². The number of piperazine rings is 1. The number of ether oxygens (including phenoxy) is 5. The summed E-state index contributed by atoms with van der Waals surface area (Å²) in [6.07, 6.45) is -3.22. The van der Waals surface area contributed by atoms with Gasteiger partial charge >= 0.3 is 23.9 Å². The van der Waals surface area contributed by atoms with Gasteiger partial charge in [-0.1, -0.05) is 92.7 Å². The van der Waals surface area contributed by atoms with E-state index in [-0.39, 0.29) is 41.2 Å². The van der Waals surface area contributed by atoms with E-state index in [9.17, 15) is 44.1 Å². The fourth-order valence-electron chi connectivity index (χ4n) is 14.1. The number of carbonyl (C=O) groups is 7. The zero-order valence-electron chi connectivity index (χ0n) is 53.4. The summed E-state index contributed by atoms with van der Waals surface area (Å²) < 4.78 is 32.1. The standard InChI is InChI=1S/C47H51NO14.C24H25N7O/c1-25-31(60-43(56)36(52)35(28-16-10-7-11-17-28)48-41(54)29-18-12-8-13-19-29)23-47(57)40(61-42(55)30-20-14-9-15-21-30)38-45(6,32(51)22-33-46(38,24-58-33)62-27(3)50)39(53)37(59-26(2)49)34(25)44(47,4)5;1-29-7-9-31(10-8-29)23-13-18(5-6-25-23)24(32)28-22-12-20-11-17(3-4-19(20)14-26-22)21-15-27-30(2)16-21/h7-21,31-33,35-38,40,51-52,57H,22-24H2,1-6H3,(H,48,54);3-6,11-16H,7-10H2,1-2H3,(H,26,28,32)/t31-,32-,33+,35-,36+,37+,38-,40-,45+,46-,47+;/m0./s1. The van der Waals surface area contributed by atoms with Gasteiger partial charge in [0.05, 0.1) is 41.8 Å². The molecule has 2 saturated heterocycles. The van der Waals surface area contributed by atoms with E-state index >= 15 is 4.79 Å². The molecule has 4 aromatic carbocycles. The highest BCUT2D eigenvalue weighted by atomic mass is 16.6. The predicted molar refractivity (Wildman–Crippen MR) is 344 cm³/mol. The molecule has 5 heterocycles. The first-order chi connectivity index (χ1) is 44.8. The third kappa shape index (κ3) is 12.6. The molecule has 23 nitrogen and oxygen atoms in total. The second-order valence-electron chi connectivity index (χ2n) is 25.5. The number of hydrogen-bond acceptors (Lipinski definition) is 20. The number of carbonyl (C=O) groups excluding carboxylic acids is 7. The van der Waals surface area contributed by atoms with E-state index in [2.05, 4.69) is 54.7 Å². The number of benzene rings is 4. The first kappa shape index (κ1) is 66.0. The van der Waals surface area contributed by atoms with Crippen molar-refractivity contribution in [1.82, 2.24) is 30.0 Å². The lowest BCUT2D eigenvalue weighted by Crippen LogP contribution is -2.82. The molecule has 5 aliphatic rings. The molecule has 0 spiro atoms. The van der Waals surface area contributed by atoms with Crippen LogP contribution < -0.4 is 15.5 Å². The third-order valence-corrected chi connectivity index (χ3v) is 19.3. The largest absolute Gasteiger partial charge is 0.456 e. The Balaban J connectivity index is 0.000000234. The maximum absolute atomic E-state index is 15.5. The number of ketones is 1. The Labute approximate surface area is 543 Å². The van der Waals surface area contributed by atoms with Crippen molar-refractivity contribution >= 4 is 63.9 Å². The van der Waals surface area contributed by atoms with E-state index in [0.29, 0.717) is 16.9 Å². The number of aliphatic hydroxyl groups excluding tert-OH is 2. The van der Waals surface area contributed by atoms with Gasteiger partial charge in [-0.2, -0.15) is 5.10 Å². The minimum Gasteiger partial charge on any atom is -0.456 e. The molecule has 3 aromatic heterocycles. The molecule has 2 bridgehead atoms. The van der Waals surface area contributed by atoms with Crippen LogP contribution in [0.1, 0.15) is 97.1 Å². The summed E-state index contributed by atoms with van der Waals surface area (Å²) in [7, 11) is 4.02. The van der Waals surface area contributed by atoms with Gasteiger partial charge in [-0.15, -0.1) is 0 Å². The summed E-state index contributed by atoms with van der Waals surface area (Å²) in [5, 5.41) is 49.4. The summed E-state index contributed by atoms with van der Waals surface area (Å²) in [5.74, 6) is -5.69. The van der Waals surface area contributed by atoms with Gasteiger partial charge in [0.15, 0.2) is 23.6 Å². The number of aryl methyl sites for hydroxylation is 1. The summed E-state index contributed by atoms with van der Waals surface area (Å²) in [6.45, 7) is 11.8. The zero-order valence-corrected chi connectivity index (χ0v) is 53.4. The lowest BCUT2D eigenvalue weighted by Gasteiger charge is -2.67. The van der Waals surface area contributed by atoms with Crippen molar-refractivity contribution in [2.45, 2.75) is 108 Å². The number of pyridine rings is 2. The number of nitrogens with zero attached hydrogens (tertiary/aromatic N) is 6. The Bertz CT molecular complexity index is 4070. The average Bonchev–Trinajstić information content (AvgIpc) is 0.736. The van der Waals surface area contributed by atoms with E-state index in [1.165, 1.54) is 26.0 Å². The average molecular weight is 1280 g/mol. The predicted octanol–water partition coefficient (Wildman–Crippen LogP) is 6.77. The number of fused-ring (bicyclic) bond motifs is 6. The lowest BCUT2D eigenvalue weighted by molar-refractivity contribution is -0.346. The molecule has 7 aromatic rings. The van der Waals surface area contributed by atoms with Gasteiger partial charge in [-0.05, 0) is 97.1 Å². The Kier molecular flexibility index (Phi) is 18.6. The number of Topliss-reactive ketones (excluding diaryl/α,β-unsaturated/α-hetero) is 1. The van der Waals surface area contributed by atoms with Gasteiger partial charge in [-0.25, -0.2) is 19.6 Å². The lowest BCUT2D eigenvalue weighted by atomic mass is 9.44. The molecule has 94 heavy (non-hydrogen) atoms. The first-order valence-corrected chi connectivity index (χ1v) is 31.1. The number of anilines is 2. The van der Waals surface area contributed by atoms with Crippen molar-refractivity contribution in [3.63, 3.8) is 0 Å². The van der Waals surface area contributed by atoms with E-state index < -0.39 is 113 Å². The van der Waals surface area contributed by atoms with Gasteiger partial charge in [0.25, 0.3) is 11.8 Å². The molecular weight excluding hydrogens is 1200 g/mol. The smallest absolute Gasteiger partial charge is 0.338 e. The Morgan fingerprint density at radius 1 is 0.734 bits per heavy atom. The van der Waals surface area contributed by atoms with Crippen molar-refractivity contribution in [2.24, 2.45) is 23.8 Å². The van der Waals surface area contributed by atoms with E-state index in [0.717, 1.165) is 67.7 Å². The highest BCUT2D eigenvalue weighted by Crippen LogP contribution is 2.64. The number of rotatable bonds is 14. The molecule has 2 aliphatic heterocycles. The van der Waals surface area contributed by atoms with E-state index in [4.69, 9.17) is 23.7 Å². The van der Waals surface area contributed by atoms with Crippen LogP contribution in [0.3, 0.4) is 0 Å². The van der Waals surface area contributed by atoms with Crippen LogP contribution in [-0.4, -0.2) is 169 Å². The normalized spacial score (nSPS) is 26.0. The fourth-order valence-corrected chi connectivity index (χ4v) is 14.1. The second-order valence-corrected chi connectivity index (χ2v) is 25.5. The topological polar surface area (TPSA) is 300 Å². The maximum Gasteiger partial charge on any atom is 0.338 e. The quantitative estimate of drug-likeness (QED) is 0.0426. The molecule has 11 atom stereocenters. The van der Waals surface area contributed by atoms with Crippen LogP contribution in [-0.2, 0) is 49.9 Å². The number of esters is 4. The molecule has 23 heteroatoms. The van der Waals surface area contributed by atoms with Gasteiger partial charge in [-0.3, -0.25) is 28.7 Å². The summed E-state index contributed by atoms with van der Waals surface area (Å²) in [4.78, 5) is 110. The zero-order chi connectivity index (χ0) is 67.0. The molecule has 5 N–H and O–H groups in total. The molecule has 490 valence electrons. The molecule has 2 amide bonds. The minimum atomic E-state index is -2.39. The Morgan fingerprint density at radius 3 is 2.03 bits per heavy atom. The fraction of sp³-hybridized carbons (Fsp3) is 0.380. The minimum absolute atomic E-state index is 0.00289. The highest BCUT2D eigenvalue weighted by molar-refractivity contribution is 6.05. The van der Waals surface area contributed by atoms with Crippen molar-refractivity contribution in [3.05, 3.63) is 186 Å². The molecule has 12 rings (SSSR count). The van der Waals surface area contributed by atoms with Gasteiger partial charge < -0.3 is 59.4 Å². The van der Waals surface area contributed by atoms with E-state index in [1.54, 1.807) is 116 Å². The number of amides is 2. The first-order valence-electron chi connectivity index (χ1n) is 31.1. The monoisotopic (exact) mass is 1280 g/mol. The van der Waals surface area contributed by atoms with Crippen molar-refractivity contribution in [2.75, 3.05) is 50.1 Å². The number of aliphatic hydroxyl groups is 3. The van der Waals surface area contributed by atoms with Gasteiger partial charge in [0.1, 0.15) is 35.5 Å². The molecular formula is C71H76N8O15. The van der Waals surface area contributed by atoms with Crippen LogP contribution >= 0.6 is 0 Å². The van der Waals surface area contributed by atoms with Crippen LogP contribution in [0, 0.1) is 16.7 Å². The van der Waals surface area contributed by atoms with E-state index in [1.807, 2.05) is 37.6 Å². The number of likely N-dealkylation sites (N-methyl/N-ethyl adjacent to an activating group) is 1. The molecule has 0 unspecified atom stereocenters. The molecule has 0 radical (unpaired) electrons. The number of aromatic nitrogens is 4. The highest BCUT2D eigenvalue weighted by Gasteiger charge is 2.78. The van der Waals surface area contributed by atoms with Crippen LogP contribution in [0.4, 0.5) is 11.6 Å². The summed E-state index contributed by atoms with van der Waals surface area (Å²) in [6, 6.07) is 34.6. The van der Waals surface area contributed by atoms with Crippen molar-refractivity contribution in [3.8, 4) is 11.1 Å². The molecule has 4 fully saturated rings. The van der Waals surface area contributed by atoms with Crippen molar-refractivity contribution < 1.29 is 72.6 Å². The van der Waals surface area contributed by atoms with Gasteiger partial charge in [0, 0.05) is 106 Å². The molecule has 2 saturated carbocycles. The molecule has 3 aliphatic carbocycles. The Morgan fingerprint density at radius 2 is 1.40 bits per heavy atom. The van der Waals surface area contributed by atoms with Crippen LogP contribution in [0.5, 0.6) is 0 Å². The second kappa shape index (κ2) is 26.5. The summed E-state index contributed by atoms with van der Waals surface area (Å²) in [5.41, 5.74) is -4.33. The van der Waals surface area contributed by atoms with Crippen LogP contribution in [0.25, 0.3) is 21.9 Å². The maximum atomic E-state index is 15.5. The Hall–Kier alpha value is -9.52. The van der Waals surface area contributed by atoms with Gasteiger partial charge in [0.2, 0.25) is 0 Å². The third-order valence-electron chi connectivity index (χ3n) is 19.3.